The molecule has 5 rings (SSSR count). The lowest BCUT2D eigenvalue weighted by molar-refractivity contribution is -0.245. The third kappa shape index (κ3) is 8.80. The zero-order chi connectivity index (χ0) is 32.0. The molecule has 1 aliphatic rings. The van der Waals surface area contributed by atoms with Crippen molar-refractivity contribution in [1.29, 1.82) is 0 Å². The van der Waals surface area contributed by atoms with E-state index in [1.807, 2.05) is 78.9 Å². The van der Waals surface area contributed by atoms with E-state index in [1.165, 1.54) is 11.8 Å². The first-order chi connectivity index (χ1) is 21.6. The fourth-order valence-electron chi connectivity index (χ4n) is 4.98. The molecule has 4 aromatic rings. The van der Waals surface area contributed by atoms with Crippen LogP contribution in [-0.4, -0.2) is 37.7 Å². The molecule has 1 saturated heterocycles. The van der Waals surface area contributed by atoms with Gasteiger partial charge in [-0.1, -0.05) is 108 Å². The molecule has 1 aliphatic heterocycles. The standard InChI is InChI=1S/C34H30Cl3NO6S/c35-34(36,37)33(42)38-18-22-5-3-6-24(15-22)25-7-4-8-26(16-25)32-43-27(20-45-30-10-2-1-9-28(30)31(40)41)17-29(44-32)23-13-11-21(19-39)12-14-23/h1-16,27,29,32,39H,17-20H2,(H,38,42)(H,40,41). The summed E-state index contributed by atoms with van der Waals surface area (Å²) in [5, 5.41) is 21.8. The van der Waals surface area contributed by atoms with E-state index in [2.05, 4.69) is 5.32 Å². The van der Waals surface area contributed by atoms with Gasteiger partial charge in [0.25, 0.3) is 9.70 Å². The van der Waals surface area contributed by atoms with Crippen molar-refractivity contribution in [3.05, 3.63) is 125 Å². The number of amides is 1. The van der Waals surface area contributed by atoms with Crippen molar-refractivity contribution in [3.8, 4) is 11.1 Å². The summed E-state index contributed by atoms with van der Waals surface area (Å²) >= 11 is 18.5. The van der Waals surface area contributed by atoms with Crippen molar-refractivity contribution in [1.82, 2.24) is 5.32 Å². The Bertz CT molecular complexity index is 1650. The monoisotopic (exact) mass is 685 g/mol. The topological polar surface area (TPSA) is 105 Å². The van der Waals surface area contributed by atoms with Crippen LogP contribution in [0.15, 0.2) is 102 Å². The summed E-state index contributed by atoms with van der Waals surface area (Å²) in [5.74, 6) is -1.15. The molecule has 0 saturated carbocycles. The lowest BCUT2D eigenvalue weighted by atomic mass is 9.99. The number of aliphatic hydroxyl groups is 1. The summed E-state index contributed by atoms with van der Waals surface area (Å²) in [5.41, 5.74) is 5.51. The van der Waals surface area contributed by atoms with Crippen LogP contribution in [0.5, 0.6) is 0 Å². The summed E-state index contributed by atoms with van der Waals surface area (Å²) in [4.78, 5) is 24.4. The van der Waals surface area contributed by atoms with E-state index in [-0.39, 0.29) is 30.9 Å². The van der Waals surface area contributed by atoms with E-state index in [1.54, 1.807) is 18.2 Å². The third-order valence-electron chi connectivity index (χ3n) is 7.29. The molecule has 3 unspecified atom stereocenters. The minimum Gasteiger partial charge on any atom is -0.478 e. The number of nitrogens with one attached hydrogen (secondary N) is 1. The number of carbonyl (C=O) groups is 2. The molecule has 11 heteroatoms. The maximum atomic E-state index is 12.0. The van der Waals surface area contributed by atoms with Crippen LogP contribution in [0.2, 0.25) is 0 Å². The Balaban J connectivity index is 1.37. The van der Waals surface area contributed by atoms with Crippen molar-refractivity contribution in [3.63, 3.8) is 0 Å². The molecule has 7 nitrogen and oxygen atoms in total. The highest BCUT2D eigenvalue weighted by Crippen LogP contribution is 2.40. The van der Waals surface area contributed by atoms with Gasteiger partial charge in [0.1, 0.15) is 0 Å². The lowest BCUT2D eigenvalue weighted by Crippen LogP contribution is -2.33. The number of carboxylic acid groups (broad SMARTS) is 1. The first-order valence-corrected chi connectivity index (χ1v) is 16.2. The van der Waals surface area contributed by atoms with Crippen molar-refractivity contribution in [2.45, 2.75) is 46.8 Å². The van der Waals surface area contributed by atoms with Crippen molar-refractivity contribution in [2.24, 2.45) is 0 Å². The van der Waals surface area contributed by atoms with Crippen LogP contribution >= 0.6 is 46.6 Å². The predicted octanol–water partition coefficient (Wildman–Crippen LogP) is 7.87. The Labute approximate surface area is 280 Å². The van der Waals surface area contributed by atoms with Crippen LogP contribution in [0.3, 0.4) is 0 Å². The SMILES string of the molecule is O=C(O)c1ccccc1SCC1CC(c2ccc(CO)cc2)OC(c2cccc(-c3cccc(CNC(=O)C(Cl)(Cl)Cl)c3)c2)O1. The Morgan fingerprint density at radius 1 is 0.844 bits per heavy atom. The highest BCUT2D eigenvalue weighted by Gasteiger charge is 2.33. The maximum Gasteiger partial charge on any atom is 0.336 e. The van der Waals surface area contributed by atoms with Crippen molar-refractivity contribution in [2.75, 3.05) is 5.75 Å². The van der Waals surface area contributed by atoms with Gasteiger partial charge in [-0.2, -0.15) is 0 Å². The number of ether oxygens (including phenoxy) is 2. The normalized spacial score (nSPS) is 18.4. The van der Waals surface area contributed by atoms with Gasteiger partial charge in [-0.3, -0.25) is 4.79 Å². The van der Waals surface area contributed by atoms with Crippen LogP contribution in [-0.2, 0) is 27.4 Å². The second-order valence-electron chi connectivity index (χ2n) is 10.5. The molecular weight excluding hydrogens is 657 g/mol. The number of aromatic carboxylic acids is 1. The second-order valence-corrected chi connectivity index (χ2v) is 13.8. The molecule has 0 radical (unpaired) electrons. The predicted molar refractivity (Wildman–Crippen MR) is 177 cm³/mol. The van der Waals surface area contributed by atoms with Gasteiger partial charge >= 0.3 is 5.97 Å². The molecule has 4 aromatic carbocycles. The molecule has 0 aliphatic carbocycles. The number of alkyl halides is 3. The molecule has 1 amide bonds. The van der Waals surface area contributed by atoms with Crippen LogP contribution < -0.4 is 5.32 Å². The molecule has 0 bridgehead atoms. The van der Waals surface area contributed by atoms with Crippen LogP contribution in [0, 0.1) is 0 Å². The average Bonchev–Trinajstić information content (AvgIpc) is 3.06. The summed E-state index contributed by atoms with van der Waals surface area (Å²) in [6, 6.07) is 30.1. The van der Waals surface area contributed by atoms with Gasteiger partial charge in [-0.05, 0) is 52.1 Å². The van der Waals surface area contributed by atoms with Gasteiger partial charge in [0.15, 0.2) is 6.29 Å². The van der Waals surface area contributed by atoms with Gasteiger partial charge in [0.05, 0.1) is 24.4 Å². The number of carbonyl (C=O) groups excluding carboxylic acids is 1. The molecule has 45 heavy (non-hydrogen) atoms. The number of hydrogen-bond donors (Lipinski definition) is 3. The third-order valence-corrected chi connectivity index (χ3v) is 9.01. The maximum absolute atomic E-state index is 12.0. The Kier molecular flexibility index (Phi) is 11.1. The van der Waals surface area contributed by atoms with E-state index in [4.69, 9.17) is 44.3 Å². The van der Waals surface area contributed by atoms with E-state index in [0.29, 0.717) is 17.1 Å². The summed E-state index contributed by atoms with van der Waals surface area (Å²) < 4.78 is 11.0. The smallest absolute Gasteiger partial charge is 0.336 e. The first kappa shape index (κ1) is 33.3. The van der Waals surface area contributed by atoms with Gasteiger partial charge in [-0.25, -0.2) is 4.79 Å². The van der Waals surface area contributed by atoms with E-state index in [0.717, 1.165) is 33.4 Å². The minimum atomic E-state index is -2.04. The number of carboxylic acids is 1. The van der Waals surface area contributed by atoms with Crippen molar-refractivity contribution >= 4 is 58.4 Å². The Hall–Kier alpha value is -3.08. The number of rotatable bonds is 10. The van der Waals surface area contributed by atoms with Gasteiger partial charge in [0, 0.05) is 29.2 Å². The molecule has 234 valence electrons. The van der Waals surface area contributed by atoms with Crippen LogP contribution in [0.4, 0.5) is 0 Å². The number of hydrogen-bond acceptors (Lipinski definition) is 6. The molecule has 3 atom stereocenters. The largest absolute Gasteiger partial charge is 0.478 e. The van der Waals surface area contributed by atoms with Crippen molar-refractivity contribution < 1.29 is 29.3 Å². The molecule has 0 aromatic heterocycles. The lowest BCUT2D eigenvalue weighted by Gasteiger charge is -2.36. The summed E-state index contributed by atoms with van der Waals surface area (Å²) in [6.45, 7) is 0.142. The number of benzene rings is 4. The zero-order valence-corrected chi connectivity index (χ0v) is 27.0. The van der Waals surface area contributed by atoms with Crippen LogP contribution in [0.1, 0.15) is 51.4 Å². The number of aliphatic hydroxyl groups excluding tert-OH is 1. The fraction of sp³-hybridized carbons (Fsp3) is 0.235. The molecular formula is C34H30Cl3NO6S. The van der Waals surface area contributed by atoms with E-state index in [9.17, 15) is 19.8 Å². The molecule has 1 heterocycles. The summed E-state index contributed by atoms with van der Waals surface area (Å²) in [7, 11) is 0. The van der Waals surface area contributed by atoms with Crippen LogP contribution in [0.25, 0.3) is 11.1 Å². The minimum absolute atomic E-state index is 0.0486. The highest BCUT2D eigenvalue weighted by molar-refractivity contribution is 7.99. The Morgan fingerprint density at radius 2 is 1.56 bits per heavy atom. The molecule has 3 N–H and O–H groups in total. The quantitative estimate of drug-likeness (QED) is 0.115. The second kappa shape index (κ2) is 15.0. The average molecular weight is 687 g/mol. The van der Waals surface area contributed by atoms with Gasteiger partial charge in [0.2, 0.25) is 0 Å². The fourth-order valence-corrected chi connectivity index (χ4v) is 6.25. The summed E-state index contributed by atoms with van der Waals surface area (Å²) in [6.07, 6.45) is -0.649. The zero-order valence-electron chi connectivity index (χ0n) is 23.9. The number of thioether (sulfide) groups is 1. The van der Waals surface area contributed by atoms with Gasteiger partial charge < -0.3 is 25.0 Å². The molecule has 1 fully saturated rings. The highest BCUT2D eigenvalue weighted by atomic mass is 35.6. The Morgan fingerprint density at radius 3 is 2.27 bits per heavy atom. The van der Waals surface area contributed by atoms with Gasteiger partial charge in [-0.15, -0.1) is 11.8 Å². The van der Waals surface area contributed by atoms with E-state index >= 15 is 0 Å². The molecule has 0 spiro atoms. The first-order valence-electron chi connectivity index (χ1n) is 14.1. The number of halogens is 3. The van der Waals surface area contributed by atoms with E-state index < -0.39 is 22.0 Å².